The number of ether oxygens (including phenoxy) is 2. The monoisotopic (exact) mass is 494 g/mol. The van der Waals surface area contributed by atoms with E-state index >= 15 is 0 Å². The summed E-state index contributed by atoms with van der Waals surface area (Å²) in [6.07, 6.45) is 1.60. The molecule has 34 heavy (non-hydrogen) atoms. The molecular formula is C25H19ClN2O5S. The first-order valence-electron chi connectivity index (χ1n) is 10.1. The number of nitrogens with one attached hydrogen (secondary N) is 1. The van der Waals surface area contributed by atoms with Gasteiger partial charge in [-0.25, -0.2) is 9.78 Å². The summed E-state index contributed by atoms with van der Waals surface area (Å²) >= 11 is 7.47. The van der Waals surface area contributed by atoms with Crippen LogP contribution >= 0.6 is 22.9 Å². The zero-order valence-corrected chi connectivity index (χ0v) is 19.5. The molecule has 0 radical (unpaired) electrons. The van der Waals surface area contributed by atoms with E-state index in [2.05, 4.69) is 10.3 Å². The largest absolute Gasteiger partial charge is 0.497 e. The van der Waals surface area contributed by atoms with Crippen LogP contribution in [0.15, 0.2) is 72.9 Å². The van der Waals surface area contributed by atoms with Gasteiger partial charge in [-0.1, -0.05) is 41.1 Å². The zero-order valence-electron chi connectivity index (χ0n) is 17.9. The van der Waals surface area contributed by atoms with Crippen molar-refractivity contribution < 1.29 is 24.2 Å². The summed E-state index contributed by atoms with van der Waals surface area (Å²) in [5, 5.41) is 13.1. The zero-order chi connectivity index (χ0) is 24.1. The number of aromatic nitrogens is 1. The maximum absolute atomic E-state index is 12.5. The van der Waals surface area contributed by atoms with Crippen LogP contribution in [0.1, 0.15) is 26.3 Å². The van der Waals surface area contributed by atoms with E-state index in [9.17, 15) is 14.7 Å². The molecule has 2 N–H and O–H groups in total. The van der Waals surface area contributed by atoms with Gasteiger partial charge in [0.25, 0.3) is 5.91 Å². The second-order valence-corrected chi connectivity index (χ2v) is 8.55. The number of carbonyl (C=O) groups is 2. The predicted molar refractivity (Wildman–Crippen MR) is 131 cm³/mol. The topological polar surface area (TPSA) is 97.8 Å². The van der Waals surface area contributed by atoms with E-state index < -0.39 is 5.97 Å². The second-order valence-electron chi connectivity index (χ2n) is 7.11. The molecule has 0 aliphatic rings. The van der Waals surface area contributed by atoms with Crippen molar-refractivity contribution in [1.29, 1.82) is 0 Å². The van der Waals surface area contributed by atoms with Gasteiger partial charge in [0.15, 0.2) is 5.13 Å². The Balaban J connectivity index is 1.56. The van der Waals surface area contributed by atoms with Gasteiger partial charge in [-0.15, -0.1) is 0 Å². The Kier molecular flexibility index (Phi) is 7.10. The molecule has 4 rings (SSSR count). The molecule has 0 unspecified atom stereocenters. The fourth-order valence-corrected chi connectivity index (χ4v) is 4.15. The fourth-order valence-electron chi connectivity index (χ4n) is 3.12. The van der Waals surface area contributed by atoms with Crippen molar-refractivity contribution >= 4 is 39.9 Å². The van der Waals surface area contributed by atoms with Crippen LogP contribution < -0.4 is 14.8 Å². The quantitative estimate of drug-likeness (QED) is 0.311. The van der Waals surface area contributed by atoms with Gasteiger partial charge >= 0.3 is 5.97 Å². The first-order valence-corrected chi connectivity index (χ1v) is 11.3. The van der Waals surface area contributed by atoms with Crippen molar-refractivity contribution in [2.45, 2.75) is 6.61 Å². The molecule has 0 saturated carbocycles. The molecule has 4 aromatic rings. The number of rotatable bonds is 8. The lowest BCUT2D eigenvalue weighted by atomic mass is 10.1. The van der Waals surface area contributed by atoms with Crippen LogP contribution in [0.25, 0.3) is 10.4 Å². The van der Waals surface area contributed by atoms with Crippen molar-refractivity contribution in [2.75, 3.05) is 12.4 Å². The van der Waals surface area contributed by atoms with E-state index in [0.717, 1.165) is 5.56 Å². The van der Waals surface area contributed by atoms with E-state index in [-0.39, 0.29) is 18.1 Å². The van der Waals surface area contributed by atoms with Crippen molar-refractivity contribution in [3.63, 3.8) is 0 Å². The Morgan fingerprint density at radius 3 is 2.50 bits per heavy atom. The number of aromatic carboxylic acids is 1. The van der Waals surface area contributed by atoms with Gasteiger partial charge in [-0.2, -0.15) is 0 Å². The summed E-state index contributed by atoms with van der Waals surface area (Å²) in [5.74, 6) is -0.343. The molecule has 1 aromatic heterocycles. The Morgan fingerprint density at radius 1 is 1.06 bits per heavy atom. The fraction of sp³-hybridized carbons (Fsp3) is 0.0800. The number of hydrogen-bond donors (Lipinski definition) is 2. The minimum atomic E-state index is -1.06. The van der Waals surface area contributed by atoms with E-state index in [1.807, 2.05) is 18.2 Å². The summed E-state index contributed by atoms with van der Waals surface area (Å²) in [6.45, 7) is 0.162. The second kappa shape index (κ2) is 10.4. The van der Waals surface area contributed by atoms with E-state index in [4.69, 9.17) is 21.1 Å². The molecule has 7 nitrogen and oxygen atoms in total. The van der Waals surface area contributed by atoms with E-state index in [1.54, 1.807) is 49.7 Å². The molecule has 0 fully saturated rings. The smallest absolute Gasteiger partial charge is 0.335 e. The molecule has 1 amide bonds. The van der Waals surface area contributed by atoms with Crippen molar-refractivity contribution in [3.05, 3.63) is 94.6 Å². The van der Waals surface area contributed by atoms with Crippen molar-refractivity contribution in [3.8, 4) is 21.9 Å². The van der Waals surface area contributed by atoms with Gasteiger partial charge in [0.1, 0.15) is 18.1 Å². The molecular weight excluding hydrogens is 476 g/mol. The number of carbonyl (C=O) groups excluding carboxylic acids is 1. The molecule has 172 valence electrons. The number of amides is 1. The van der Waals surface area contributed by atoms with Crippen LogP contribution in [0.5, 0.6) is 11.5 Å². The van der Waals surface area contributed by atoms with Gasteiger partial charge in [0, 0.05) is 27.9 Å². The highest BCUT2D eigenvalue weighted by Gasteiger charge is 2.16. The lowest BCUT2D eigenvalue weighted by molar-refractivity contribution is 0.0696. The van der Waals surface area contributed by atoms with Gasteiger partial charge in [-0.05, 0) is 48.5 Å². The molecule has 0 bridgehead atoms. The third-order valence-electron chi connectivity index (χ3n) is 4.91. The molecule has 1 heterocycles. The van der Waals surface area contributed by atoms with Crippen LogP contribution in [-0.4, -0.2) is 29.1 Å². The number of nitrogens with zero attached hydrogens (tertiary/aromatic N) is 1. The maximum atomic E-state index is 12.5. The minimum Gasteiger partial charge on any atom is -0.497 e. The maximum Gasteiger partial charge on any atom is 0.335 e. The molecule has 0 aliphatic carbocycles. The summed E-state index contributed by atoms with van der Waals surface area (Å²) in [7, 11) is 1.56. The van der Waals surface area contributed by atoms with Gasteiger partial charge in [0.2, 0.25) is 0 Å². The van der Waals surface area contributed by atoms with E-state index in [0.29, 0.717) is 37.7 Å². The van der Waals surface area contributed by atoms with Crippen LogP contribution in [0.2, 0.25) is 5.02 Å². The van der Waals surface area contributed by atoms with Gasteiger partial charge in [-0.3, -0.25) is 10.1 Å². The SMILES string of the molecule is COc1ccc(C(=O)Nc2ncc(-c3ccc(C(=O)O)cc3OCc3ccccc3Cl)s2)cc1. The average molecular weight is 495 g/mol. The van der Waals surface area contributed by atoms with Crippen LogP contribution in [0.4, 0.5) is 5.13 Å². The molecule has 0 spiro atoms. The van der Waals surface area contributed by atoms with Crippen LogP contribution in [-0.2, 0) is 6.61 Å². The van der Waals surface area contributed by atoms with Crippen molar-refractivity contribution in [2.24, 2.45) is 0 Å². The number of anilines is 1. The highest BCUT2D eigenvalue weighted by atomic mass is 35.5. The molecule has 9 heteroatoms. The highest BCUT2D eigenvalue weighted by Crippen LogP contribution is 2.37. The molecule has 0 saturated heterocycles. The Morgan fingerprint density at radius 2 is 1.79 bits per heavy atom. The van der Waals surface area contributed by atoms with Crippen LogP contribution in [0, 0.1) is 0 Å². The summed E-state index contributed by atoms with van der Waals surface area (Å²) in [4.78, 5) is 29.0. The van der Waals surface area contributed by atoms with E-state index in [1.165, 1.54) is 23.5 Å². The number of carboxylic acids is 1. The number of hydrogen-bond acceptors (Lipinski definition) is 6. The molecule has 0 atom stereocenters. The number of halogens is 1. The number of benzene rings is 3. The Hall–Kier alpha value is -3.88. The van der Waals surface area contributed by atoms with Gasteiger partial charge < -0.3 is 14.6 Å². The average Bonchev–Trinajstić information content (AvgIpc) is 3.31. The first kappa shape index (κ1) is 23.3. The molecule has 0 aliphatic heterocycles. The highest BCUT2D eigenvalue weighted by molar-refractivity contribution is 7.19. The van der Waals surface area contributed by atoms with Crippen LogP contribution in [0.3, 0.4) is 0 Å². The minimum absolute atomic E-state index is 0.0930. The number of carboxylic acid groups (broad SMARTS) is 1. The lowest BCUT2D eigenvalue weighted by Gasteiger charge is -2.12. The lowest BCUT2D eigenvalue weighted by Crippen LogP contribution is -2.11. The van der Waals surface area contributed by atoms with Gasteiger partial charge in [0.05, 0.1) is 17.6 Å². The predicted octanol–water partition coefficient (Wildman–Crippen LogP) is 6.00. The van der Waals surface area contributed by atoms with Crippen molar-refractivity contribution in [1.82, 2.24) is 4.98 Å². The standard InChI is InChI=1S/C25H19ClN2O5S/c1-32-18-9-6-15(7-10-18)23(29)28-25-27-13-22(34-25)19-11-8-16(24(30)31)12-21(19)33-14-17-4-2-3-5-20(17)26/h2-13H,14H2,1H3,(H,30,31)(H,27,28,29). The summed E-state index contributed by atoms with van der Waals surface area (Å²) in [6, 6.07) is 18.6. The number of thiazole rings is 1. The third kappa shape index (κ3) is 5.36. The first-order chi connectivity index (χ1) is 16.4. The molecule has 3 aromatic carbocycles. The Bertz CT molecular complexity index is 1340. The normalized spacial score (nSPS) is 10.5. The Labute approximate surface area is 204 Å². The summed E-state index contributed by atoms with van der Waals surface area (Å²) < 4.78 is 11.1. The number of methoxy groups -OCH3 is 1. The third-order valence-corrected chi connectivity index (χ3v) is 6.23. The summed E-state index contributed by atoms with van der Waals surface area (Å²) in [5.41, 5.74) is 1.98.